The van der Waals surface area contributed by atoms with Crippen LogP contribution in [0.15, 0.2) is 18.2 Å². The summed E-state index contributed by atoms with van der Waals surface area (Å²) in [5.41, 5.74) is 4.49. The van der Waals surface area contributed by atoms with E-state index in [4.69, 9.17) is 9.47 Å². The number of alkyl carbamates (subject to hydrolysis) is 1. The number of nitrogens with one attached hydrogen (secondary N) is 1. The van der Waals surface area contributed by atoms with Gasteiger partial charge in [-0.2, -0.15) is 0 Å². The van der Waals surface area contributed by atoms with Gasteiger partial charge in [-0.1, -0.05) is 37.5 Å². The minimum absolute atomic E-state index is 0.106. The van der Waals surface area contributed by atoms with Crippen LogP contribution >= 0.6 is 0 Å². The van der Waals surface area contributed by atoms with Crippen LogP contribution < -0.4 is 5.32 Å². The van der Waals surface area contributed by atoms with Crippen LogP contribution in [0.5, 0.6) is 0 Å². The molecule has 0 radical (unpaired) electrons. The fourth-order valence-corrected chi connectivity index (χ4v) is 5.35. The molecular formula is C23H33NO3. The van der Waals surface area contributed by atoms with E-state index < -0.39 is 0 Å². The highest BCUT2D eigenvalue weighted by Gasteiger charge is 2.46. The van der Waals surface area contributed by atoms with Crippen molar-refractivity contribution >= 4 is 6.09 Å². The molecule has 4 heteroatoms. The van der Waals surface area contributed by atoms with E-state index in [9.17, 15) is 4.79 Å². The number of unbranched alkanes of at least 4 members (excludes halogenated alkanes) is 2. The van der Waals surface area contributed by atoms with Gasteiger partial charge < -0.3 is 14.8 Å². The first-order valence-corrected chi connectivity index (χ1v) is 10.7. The van der Waals surface area contributed by atoms with Crippen LogP contribution in [0.25, 0.3) is 0 Å². The van der Waals surface area contributed by atoms with Gasteiger partial charge in [-0.05, 0) is 73.5 Å². The number of carbonyl (C=O) groups is 1. The minimum atomic E-state index is -0.241. The largest absolute Gasteiger partial charge is 0.447 e. The van der Waals surface area contributed by atoms with Crippen molar-refractivity contribution in [1.82, 2.24) is 5.32 Å². The second kappa shape index (κ2) is 8.22. The van der Waals surface area contributed by atoms with E-state index >= 15 is 0 Å². The molecule has 4 rings (SSSR count). The third-order valence-electron chi connectivity index (χ3n) is 6.95. The zero-order chi connectivity index (χ0) is 18.7. The van der Waals surface area contributed by atoms with Crippen molar-refractivity contribution in [3.8, 4) is 0 Å². The average Bonchev–Trinajstić information content (AvgIpc) is 3.27. The van der Waals surface area contributed by atoms with Crippen molar-refractivity contribution in [3.05, 3.63) is 34.9 Å². The van der Waals surface area contributed by atoms with Crippen LogP contribution in [0.3, 0.4) is 0 Å². The van der Waals surface area contributed by atoms with Crippen molar-refractivity contribution in [2.24, 2.45) is 5.92 Å². The molecule has 2 fully saturated rings. The fourth-order valence-electron chi connectivity index (χ4n) is 5.35. The zero-order valence-corrected chi connectivity index (χ0v) is 16.6. The van der Waals surface area contributed by atoms with E-state index in [1.807, 2.05) is 0 Å². The first-order valence-electron chi connectivity index (χ1n) is 10.7. The summed E-state index contributed by atoms with van der Waals surface area (Å²) in [6, 6.07) is 7.20. The lowest BCUT2D eigenvalue weighted by Gasteiger charge is -2.26. The van der Waals surface area contributed by atoms with Crippen LogP contribution in [0.4, 0.5) is 4.79 Å². The number of aryl methyl sites for hydroxylation is 1. The molecule has 3 aliphatic rings. The third-order valence-corrected chi connectivity index (χ3v) is 6.95. The summed E-state index contributed by atoms with van der Waals surface area (Å²) in [5, 5.41) is 3.06. The van der Waals surface area contributed by atoms with Gasteiger partial charge in [0.25, 0.3) is 0 Å². The van der Waals surface area contributed by atoms with Gasteiger partial charge in [0, 0.05) is 13.7 Å². The summed E-state index contributed by atoms with van der Waals surface area (Å²) in [7, 11) is 1.79. The lowest BCUT2D eigenvalue weighted by molar-refractivity contribution is 0.172. The maximum absolute atomic E-state index is 11.5. The Labute approximate surface area is 163 Å². The fraction of sp³-hybridized carbons (Fsp3) is 0.696. The van der Waals surface area contributed by atoms with Gasteiger partial charge in [-0.25, -0.2) is 4.79 Å². The Kier molecular flexibility index (Phi) is 5.72. The zero-order valence-electron chi connectivity index (χ0n) is 16.6. The van der Waals surface area contributed by atoms with E-state index in [2.05, 4.69) is 23.5 Å². The Balaban J connectivity index is 1.32. The third kappa shape index (κ3) is 4.31. The summed E-state index contributed by atoms with van der Waals surface area (Å²) in [6.07, 6.45) is 11.9. The van der Waals surface area contributed by atoms with E-state index in [1.165, 1.54) is 50.5 Å². The van der Waals surface area contributed by atoms with E-state index in [0.717, 1.165) is 31.8 Å². The van der Waals surface area contributed by atoms with Crippen molar-refractivity contribution in [3.63, 3.8) is 0 Å². The predicted molar refractivity (Wildman–Crippen MR) is 106 cm³/mol. The van der Waals surface area contributed by atoms with Crippen molar-refractivity contribution in [2.45, 2.75) is 75.7 Å². The van der Waals surface area contributed by atoms with Gasteiger partial charge in [0.15, 0.2) is 0 Å². The first-order chi connectivity index (χ1) is 13.2. The molecule has 1 aromatic carbocycles. The Morgan fingerprint density at radius 3 is 2.96 bits per heavy atom. The maximum Gasteiger partial charge on any atom is 0.407 e. The molecule has 0 bridgehead atoms. The lowest BCUT2D eigenvalue weighted by Crippen LogP contribution is -2.40. The smallest absolute Gasteiger partial charge is 0.407 e. The summed E-state index contributed by atoms with van der Waals surface area (Å²) < 4.78 is 10.3. The number of carbonyl (C=O) groups excluding carboxylic acids is 1. The molecule has 4 nitrogen and oxygen atoms in total. The lowest BCUT2D eigenvalue weighted by atomic mass is 9.79. The summed E-state index contributed by atoms with van der Waals surface area (Å²) in [6.45, 7) is 1.44. The SMILES string of the molecule is COCCCCCC1CCc2cc([C@@H]3CC[C@]4(COC(=O)N4)C3)ccc2C1. The second-order valence-corrected chi connectivity index (χ2v) is 8.90. The van der Waals surface area contributed by atoms with Crippen LogP contribution in [-0.2, 0) is 22.3 Å². The molecule has 1 aliphatic heterocycles. The second-order valence-electron chi connectivity index (χ2n) is 8.90. The van der Waals surface area contributed by atoms with Crippen molar-refractivity contribution < 1.29 is 14.3 Å². The van der Waals surface area contributed by atoms with Crippen molar-refractivity contribution in [2.75, 3.05) is 20.3 Å². The summed E-state index contributed by atoms with van der Waals surface area (Å²) in [5.74, 6) is 1.40. The molecule has 1 spiro atoms. The highest BCUT2D eigenvalue weighted by atomic mass is 16.6. The molecule has 1 saturated carbocycles. The predicted octanol–water partition coefficient (Wildman–Crippen LogP) is 4.74. The number of benzene rings is 1. The Bertz CT molecular complexity index is 674. The molecule has 1 heterocycles. The molecule has 0 aromatic heterocycles. The number of amides is 1. The normalized spacial score (nSPS) is 29.6. The molecule has 1 saturated heterocycles. The molecule has 148 valence electrons. The van der Waals surface area contributed by atoms with Gasteiger partial charge in [-0.3, -0.25) is 0 Å². The number of methoxy groups -OCH3 is 1. The molecule has 3 atom stereocenters. The molecule has 2 aliphatic carbocycles. The van der Waals surface area contributed by atoms with Crippen LogP contribution in [0, 0.1) is 5.92 Å². The molecule has 1 unspecified atom stereocenters. The van der Waals surface area contributed by atoms with Gasteiger partial charge in [-0.15, -0.1) is 0 Å². The molecule has 1 N–H and O–H groups in total. The Morgan fingerprint density at radius 1 is 1.22 bits per heavy atom. The molecule has 27 heavy (non-hydrogen) atoms. The number of hydrogen-bond donors (Lipinski definition) is 1. The maximum atomic E-state index is 11.5. The van der Waals surface area contributed by atoms with E-state index in [1.54, 1.807) is 18.2 Å². The van der Waals surface area contributed by atoms with Gasteiger partial charge in [0.1, 0.15) is 6.61 Å². The Morgan fingerprint density at radius 2 is 2.15 bits per heavy atom. The first kappa shape index (κ1) is 18.8. The van der Waals surface area contributed by atoms with Crippen LogP contribution in [0.1, 0.15) is 74.0 Å². The highest BCUT2D eigenvalue weighted by Crippen LogP contribution is 2.43. The molecule has 1 aromatic rings. The standard InChI is InChI=1S/C23H33NO3/c1-26-12-4-2-3-5-17-6-7-19-14-20(9-8-18(19)13-17)21-10-11-23(15-21)16-27-22(25)24-23/h8-9,14,17,21H,2-7,10-13,15-16H2,1H3,(H,24,25)/t17?,21-,23-/m1/s1. The minimum Gasteiger partial charge on any atom is -0.447 e. The summed E-state index contributed by atoms with van der Waals surface area (Å²) >= 11 is 0. The van der Waals surface area contributed by atoms with E-state index in [-0.39, 0.29) is 11.6 Å². The van der Waals surface area contributed by atoms with E-state index in [0.29, 0.717) is 12.5 Å². The number of fused-ring (bicyclic) bond motifs is 1. The topological polar surface area (TPSA) is 47.6 Å². The number of hydrogen-bond acceptors (Lipinski definition) is 3. The average molecular weight is 372 g/mol. The molecular weight excluding hydrogens is 338 g/mol. The monoisotopic (exact) mass is 371 g/mol. The summed E-state index contributed by atoms with van der Waals surface area (Å²) in [4.78, 5) is 11.5. The molecule has 1 amide bonds. The Hall–Kier alpha value is -1.55. The van der Waals surface area contributed by atoms with Gasteiger partial charge in [0.05, 0.1) is 5.54 Å². The highest BCUT2D eigenvalue weighted by molar-refractivity contribution is 5.70. The number of rotatable bonds is 7. The van der Waals surface area contributed by atoms with Crippen molar-refractivity contribution in [1.29, 1.82) is 0 Å². The quantitative estimate of drug-likeness (QED) is 0.704. The van der Waals surface area contributed by atoms with Gasteiger partial charge in [0.2, 0.25) is 0 Å². The van der Waals surface area contributed by atoms with Gasteiger partial charge >= 0.3 is 6.09 Å². The number of cyclic esters (lactones) is 1. The van der Waals surface area contributed by atoms with Crippen LogP contribution in [0.2, 0.25) is 0 Å². The number of ether oxygens (including phenoxy) is 2. The van der Waals surface area contributed by atoms with Crippen LogP contribution in [-0.4, -0.2) is 32.0 Å².